The summed E-state index contributed by atoms with van der Waals surface area (Å²) in [4.78, 5) is 11.6. The largest absolute Gasteiger partial charge is 0.399 e. The van der Waals surface area contributed by atoms with E-state index in [1.54, 1.807) is 24.3 Å². The Morgan fingerprint density at radius 1 is 1.28 bits per heavy atom. The molecule has 0 radical (unpaired) electrons. The first-order valence-electron chi connectivity index (χ1n) is 6.47. The Hall–Kier alpha value is -1.55. The fourth-order valence-corrected chi connectivity index (χ4v) is 1.71. The standard InChI is InChI=1S/C14H20N2O2/c15-12-3-5-13(6-4-12)16-14(17)8-10-18-9-7-11-1-2-11/h3-6,11H,1-2,7-10,15H2,(H,16,17). The molecule has 0 heterocycles. The highest BCUT2D eigenvalue weighted by Gasteiger charge is 2.20. The minimum absolute atomic E-state index is 0.0220. The predicted molar refractivity (Wildman–Crippen MR) is 72.3 cm³/mol. The summed E-state index contributed by atoms with van der Waals surface area (Å²) in [7, 11) is 0. The molecule has 1 aliphatic carbocycles. The van der Waals surface area contributed by atoms with Crippen LogP contribution >= 0.6 is 0 Å². The number of carbonyl (C=O) groups excluding carboxylic acids is 1. The second kappa shape index (κ2) is 6.40. The lowest BCUT2D eigenvalue weighted by molar-refractivity contribution is -0.117. The van der Waals surface area contributed by atoms with Crippen LogP contribution in [-0.2, 0) is 9.53 Å². The SMILES string of the molecule is Nc1ccc(NC(=O)CCOCCC2CC2)cc1. The van der Waals surface area contributed by atoms with Gasteiger partial charge in [-0.1, -0.05) is 12.8 Å². The number of nitrogens with two attached hydrogens (primary N) is 1. The Morgan fingerprint density at radius 3 is 2.67 bits per heavy atom. The van der Waals surface area contributed by atoms with Gasteiger partial charge in [0.05, 0.1) is 13.0 Å². The molecule has 1 aromatic rings. The lowest BCUT2D eigenvalue weighted by Crippen LogP contribution is -2.14. The topological polar surface area (TPSA) is 64.3 Å². The summed E-state index contributed by atoms with van der Waals surface area (Å²) in [6.45, 7) is 1.27. The monoisotopic (exact) mass is 248 g/mol. The van der Waals surface area contributed by atoms with Gasteiger partial charge in [0, 0.05) is 18.0 Å². The molecule has 0 saturated heterocycles. The number of anilines is 2. The van der Waals surface area contributed by atoms with Gasteiger partial charge in [0.1, 0.15) is 0 Å². The summed E-state index contributed by atoms with van der Waals surface area (Å²) in [5.41, 5.74) is 7.03. The van der Waals surface area contributed by atoms with E-state index in [9.17, 15) is 4.79 Å². The van der Waals surface area contributed by atoms with Crippen molar-refractivity contribution in [2.75, 3.05) is 24.3 Å². The van der Waals surface area contributed by atoms with Crippen molar-refractivity contribution in [2.45, 2.75) is 25.7 Å². The molecule has 4 nitrogen and oxygen atoms in total. The van der Waals surface area contributed by atoms with Gasteiger partial charge in [-0.05, 0) is 36.6 Å². The third-order valence-corrected chi connectivity index (χ3v) is 3.04. The number of amides is 1. The van der Waals surface area contributed by atoms with Crippen LogP contribution in [0.5, 0.6) is 0 Å². The molecule has 1 amide bonds. The van der Waals surface area contributed by atoms with Gasteiger partial charge in [-0.15, -0.1) is 0 Å². The fourth-order valence-electron chi connectivity index (χ4n) is 1.71. The second-order valence-corrected chi connectivity index (χ2v) is 4.76. The summed E-state index contributed by atoms with van der Waals surface area (Å²) >= 11 is 0. The molecule has 0 aliphatic heterocycles. The molecule has 1 aliphatic rings. The smallest absolute Gasteiger partial charge is 0.226 e. The first-order chi connectivity index (χ1) is 8.74. The lowest BCUT2D eigenvalue weighted by Gasteiger charge is -2.06. The highest BCUT2D eigenvalue weighted by atomic mass is 16.5. The highest BCUT2D eigenvalue weighted by Crippen LogP contribution is 2.32. The lowest BCUT2D eigenvalue weighted by atomic mass is 10.3. The van der Waals surface area contributed by atoms with Gasteiger partial charge in [0.25, 0.3) is 0 Å². The van der Waals surface area contributed by atoms with Gasteiger partial charge in [-0.2, -0.15) is 0 Å². The molecule has 0 aromatic heterocycles. The van der Waals surface area contributed by atoms with Crippen LogP contribution < -0.4 is 11.1 Å². The summed E-state index contributed by atoms with van der Waals surface area (Å²) in [6.07, 6.45) is 4.23. The van der Waals surface area contributed by atoms with E-state index in [-0.39, 0.29) is 5.91 Å². The van der Waals surface area contributed by atoms with Gasteiger partial charge < -0.3 is 15.8 Å². The second-order valence-electron chi connectivity index (χ2n) is 4.76. The van der Waals surface area contributed by atoms with Crippen molar-refractivity contribution in [3.8, 4) is 0 Å². The normalized spacial score (nSPS) is 14.4. The van der Waals surface area contributed by atoms with E-state index in [0.717, 1.165) is 24.6 Å². The number of carbonyl (C=O) groups is 1. The van der Waals surface area contributed by atoms with Crippen molar-refractivity contribution in [3.05, 3.63) is 24.3 Å². The zero-order chi connectivity index (χ0) is 12.8. The Labute approximate surface area is 108 Å². The van der Waals surface area contributed by atoms with Crippen molar-refractivity contribution in [1.82, 2.24) is 0 Å². The highest BCUT2D eigenvalue weighted by molar-refractivity contribution is 5.90. The third kappa shape index (κ3) is 4.75. The van der Waals surface area contributed by atoms with Crippen molar-refractivity contribution in [3.63, 3.8) is 0 Å². The zero-order valence-corrected chi connectivity index (χ0v) is 10.5. The quantitative estimate of drug-likeness (QED) is 0.575. The number of nitrogen functional groups attached to an aromatic ring is 1. The molecule has 98 valence electrons. The van der Waals surface area contributed by atoms with E-state index >= 15 is 0 Å². The maximum absolute atomic E-state index is 11.6. The van der Waals surface area contributed by atoms with E-state index in [0.29, 0.717) is 18.7 Å². The van der Waals surface area contributed by atoms with E-state index in [2.05, 4.69) is 5.32 Å². The van der Waals surface area contributed by atoms with Crippen LogP contribution in [0.25, 0.3) is 0 Å². The number of nitrogens with one attached hydrogen (secondary N) is 1. The van der Waals surface area contributed by atoms with Crippen molar-refractivity contribution in [2.24, 2.45) is 5.92 Å². The molecule has 0 bridgehead atoms. The molecular weight excluding hydrogens is 228 g/mol. The molecular formula is C14H20N2O2. The fraction of sp³-hybridized carbons (Fsp3) is 0.500. The van der Waals surface area contributed by atoms with E-state index in [4.69, 9.17) is 10.5 Å². The molecule has 18 heavy (non-hydrogen) atoms. The Bertz CT molecular complexity index is 385. The van der Waals surface area contributed by atoms with Gasteiger partial charge in [0.2, 0.25) is 5.91 Å². The number of hydrogen-bond donors (Lipinski definition) is 2. The molecule has 1 fully saturated rings. The minimum atomic E-state index is -0.0220. The van der Waals surface area contributed by atoms with Crippen LogP contribution in [-0.4, -0.2) is 19.1 Å². The molecule has 4 heteroatoms. The molecule has 3 N–H and O–H groups in total. The average Bonchev–Trinajstić information content (AvgIpc) is 3.16. The van der Waals surface area contributed by atoms with Crippen LogP contribution in [0.15, 0.2) is 24.3 Å². The van der Waals surface area contributed by atoms with E-state index in [1.165, 1.54) is 12.8 Å². The molecule has 0 atom stereocenters. The summed E-state index contributed by atoms with van der Waals surface area (Å²) < 4.78 is 5.43. The maximum Gasteiger partial charge on any atom is 0.226 e. The van der Waals surface area contributed by atoms with Crippen LogP contribution in [0, 0.1) is 5.92 Å². The van der Waals surface area contributed by atoms with Crippen molar-refractivity contribution < 1.29 is 9.53 Å². The molecule has 2 rings (SSSR count). The van der Waals surface area contributed by atoms with Gasteiger partial charge in [-0.25, -0.2) is 0 Å². The van der Waals surface area contributed by atoms with Crippen LogP contribution in [0.2, 0.25) is 0 Å². The Balaban J connectivity index is 1.57. The maximum atomic E-state index is 11.6. The first kappa shape index (κ1) is 12.9. The Morgan fingerprint density at radius 2 is 2.00 bits per heavy atom. The van der Waals surface area contributed by atoms with Gasteiger partial charge in [-0.3, -0.25) is 4.79 Å². The molecule has 0 unspecified atom stereocenters. The van der Waals surface area contributed by atoms with E-state index < -0.39 is 0 Å². The summed E-state index contributed by atoms with van der Waals surface area (Å²) in [5, 5.41) is 2.81. The summed E-state index contributed by atoms with van der Waals surface area (Å²) in [6, 6.07) is 7.12. The predicted octanol–water partition coefficient (Wildman–Crippen LogP) is 2.41. The van der Waals surface area contributed by atoms with Crippen LogP contribution in [0.1, 0.15) is 25.7 Å². The molecule has 0 spiro atoms. The van der Waals surface area contributed by atoms with Gasteiger partial charge >= 0.3 is 0 Å². The van der Waals surface area contributed by atoms with E-state index in [1.807, 2.05) is 0 Å². The first-order valence-corrected chi connectivity index (χ1v) is 6.47. The number of ether oxygens (including phenoxy) is 1. The van der Waals surface area contributed by atoms with Crippen molar-refractivity contribution >= 4 is 17.3 Å². The third-order valence-electron chi connectivity index (χ3n) is 3.04. The average molecular weight is 248 g/mol. The van der Waals surface area contributed by atoms with Crippen LogP contribution in [0.4, 0.5) is 11.4 Å². The number of benzene rings is 1. The minimum Gasteiger partial charge on any atom is -0.399 e. The zero-order valence-electron chi connectivity index (χ0n) is 10.5. The van der Waals surface area contributed by atoms with Gasteiger partial charge in [0.15, 0.2) is 0 Å². The Kier molecular flexibility index (Phi) is 4.59. The summed E-state index contributed by atoms with van der Waals surface area (Å²) in [5.74, 6) is 0.861. The number of hydrogen-bond acceptors (Lipinski definition) is 3. The molecule has 1 saturated carbocycles. The van der Waals surface area contributed by atoms with Crippen molar-refractivity contribution in [1.29, 1.82) is 0 Å². The molecule has 1 aromatic carbocycles. The van der Waals surface area contributed by atoms with Crippen LogP contribution in [0.3, 0.4) is 0 Å². The number of rotatable bonds is 7.